The first-order chi connectivity index (χ1) is 17.0. The summed E-state index contributed by atoms with van der Waals surface area (Å²) in [6.07, 6.45) is 1.78. The highest BCUT2D eigenvalue weighted by atomic mass is 35.5. The highest BCUT2D eigenvalue weighted by Crippen LogP contribution is 2.25. The minimum atomic E-state index is 0.0728. The summed E-state index contributed by atoms with van der Waals surface area (Å²) in [7, 11) is 0. The monoisotopic (exact) mass is 485 g/mol. The number of amides is 1. The van der Waals surface area contributed by atoms with Gasteiger partial charge in [-0.3, -0.25) is 9.69 Å². The molecule has 3 aromatic carbocycles. The maximum absolute atomic E-state index is 12.8. The summed E-state index contributed by atoms with van der Waals surface area (Å²) in [4.78, 5) is 15.2. The number of hydrogen-bond acceptors (Lipinski definition) is 2. The standard InChI is InChI=1S/C30H32ClN3O/c1-22-6-4-8-24(16-22)20-34-28(18-26-9-2-3-11-29(26)34)21-33-14-12-25(13-15-33)30(35)32-19-23-7-5-10-27(31)17-23/h2-11,16-18,25H,12-15,19-21H2,1H3,(H,32,35). The zero-order valence-electron chi connectivity index (χ0n) is 20.2. The number of piperidine rings is 1. The van der Waals surface area contributed by atoms with Crippen LogP contribution in [0.2, 0.25) is 5.02 Å². The molecule has 5 heteroatoms. The van der Waals surface area contributed by atoms with Crippen molar-refractivity contribution in [2.75, 3.05) is 13.1 Å². The Morgan fingerprint density at radius 3 is 2.49 bits per heavy atom. The molecule has 0 radical (unpaired) electrons. The van der Waals surface area contributed by atoms with E-state index in [1.807, 2.05) is 24.3 Å². The smallest absolute Gasteiger partial charge is 0.223 e. The Kier molecular flexibility index (Phi) is 7.21. The molecule has 1 fully saturated rings. The first kappa shape index (κ1) is 23.7. The van der Waals surface area contributed by atoms with E-state index in [0.717, 1.165) is 44.6 Å². The SMILES string of the molecule is Cc1cccc(Cn2c(CN3CCC(C(=O)NCc4cccc(Cl)c4)CC3)cc3ccccc32)c1. The Morgan fingerprint density at radius 1 is 0.914 bits per heavy atom. The van der Waals surface area contributed by atoms with Crippen LogP contribution in [0.15, 0.2) is 78.9 Å². The number of rotatable bonds is 7. The summed E-state index contributed by atoms with van der Waals surface area (Å²) in [6.45, 7) is 6.30. The molecule has 1 aromatic heterocycles. The average molecular weight is 486 g/mol. The largest absolute Gasteiger partial charge is 0.352 e. The number of benzene rings is 3. The predicted molar refractivity (Wildman–Crippen MR) is 144 cm³/mol. The van der Waals surface area contributed by atoms with Crippen molar-refractivity contribution in [3.8, 4) is 0 Å². The molecule has 0 aliphatic carbocycles. The molecule has 0 bridgehead atoms. The third-order valence-corrected chi connectivity index (χ3v) is 7.25. The number of carbonyl (C=O) groups excluding carboxylic acids is 1. The topological polar surface area (TPSA) is 37.3 Å². The quantitative estimate of drug-likeness (QED) is 0.339. The maximum Gasteiger partial charge on any atom is 0.223 e. The van der Waals surface area contributed by atoms with E-state index >= 15 is 0 Å². The summed E-state index contributed by atoms with van der Waals surface area (Å²) in [5.74, 6) is 0.224. The number of nitrogens with zero attached hydrogens (tertiary/aromatic N) is 2. The van der Waals surface area contributed by atoms with Gasteiger partial charge in [0.15, 0.2) is 0 Å². The molecule has 2 heterocycles. The van der Waals surface area contributed by atoms with E-state index in [-0.39, 0.29) is 11.8 Å². The Hall–Kier alpha value is -3.08. The van der Waals surface area contributed by atoms with Gasteiger partial charge in [-0.25, -0.2) is 0 Å². The first-order valence-corrected chi connectivity index (χ1v) is 12.8. The average Bonchev–Trinajstić information content (AvgIpc) is 3.20. The number of aromatic nitrogens is 1. The van der Waals surface area contributed by atoms with Gasteiger partial charge in [-0.1, -0.05) is 71.8 Å². The maximum atomic E-state index is 12.8. The molecule has 1 aliphatic rings. The lowest BCUT2D eigenvalue weighted by Crippen LogP contribution is -2.40. The van der Waals surface area contributed by atoms with Crippen LogP contribution in [0.4, 0.5) is 0 Å². The van der Waals surface area contributed by atoms with Gasteiger partial charge in [0.05, 0.1) is 0 Å². The van der Waals surface area contributed by atoms with E-state index in [0.29, 0.717) is 11.6 Å². The van der Waals surface area contributed by atoms with Crippen LogP contribution < -0.4 is 5.32 Å². The van der Waals surface area contributed by atoms with Crippen LogP contribution in [0.3, 0.4) is 0 Å². The molecule has 35 heavy (non-hydrogen) atoms. The lowest BCUT2D eigenvalue weighted by Gasteiger charge is -2.31. The van der Waals surface area contributed by atoms with Crippen molar-refractivity contribution in [3.05, 3.63) is 106 Å². The molecule has 0 atom stereocenters. The molecule has 0 saturated carbocycles. The molecular weight excluding hydrogens is 454 g/mol. The number of carbonyl (C=O) groups is 1. The fourth-order valence-electron chi connectivity index (χ4n) is 5.14. The number of para-hydroxylation sites is 1. The zero-order chi connectivity index (χ0) is 24.2. The molecule has 1 amide bonds. The minimum absolute atomic E-state index is 0.0728. The number of halogens is 1. The molecule has 1 aliphatic heterocycles. The van der Waals surface area contributed by atoms with Crippen molar-refractivity contribution in [1.29, 1.82) is 0 Å². The van der Waals surface area contributed by atoms with E-state index in [9.17, 15) is 4.79 Å². The van der Waals surface area contributed by atoms with Gasteiger partial charge < -0.3 is 9.88 Å². The number of likely N-dealkylation sites (tertiary alicyclic amines) is 1. The van der Waals surface area contributed by atoms with Gasteiger partial charge in [0.1, 0.15) is 0 Å². The van der Waals surface area contributed by atoms with Crippen LogP contribution >= 0.6 is 11.6 Å². The van der Waals surface area contributed by atoms with E-state index in [2.05, 4.69) is 76.3 Å². The molecule has 0 spiro atoms. The number of nitrogens with one attached hydrogen (secondary N) is 1. The van der Waals surface area contributed by atoms with Crippen molar-refractivity contribution in [2.24, 2.45) is 5.92 Å². The van der Waals surface area contributed by atoms with Crippen LogP contribution in [0, 0.1) is 12.8 Å². The minimum Gasteiger partial charge on any atom is -0.352 e. The Morgan fingerprint density at radius 2 is 1.69 bits per heavy atom. The van der Waals surface area contributed by atoms with E-state index < -0.39 is 0 Å². The van der Waals surface area contributed by atoms with Crippen LogP contribution in [0.1, 0.15) is 35.2 Å². The van der Waals surface area contributed by atoms with Crippen LogP contribution in [-0.4, -0.2) is 28.5 Å². The number of fused-ring (bicyclic) bond motifs is 1. The number of aryl methyl sites for hydroxylation is 1. The predicted octanol–water partition coefficient (Wildman–Crippen LogP) is 6.18. The summed E-state index contributed by atoms with van der Waals surface area (Å²) in [5.41, 5.74) is 6.25. The first-order valence-electron chi connectivity index (χ1n) is 12.4. The summed E-state index contributed by atoms with van der Waals surface area (Å²) < 4.78 is 2.45. The molecule has 0 unspecified atom stereocenters. The molecule has 4 aromatic rings. The fourth-order valence-corrected chi connectivity index (χ4v) is 5.35. The normalized spacial score (nSPS) is 14.9. The molecule has 1 N–H and O–H groups in total. The summed E-state index contributed by atoms with van der Waals surface area (Å²) in [6, 6.07) is 27.4. The second-order valence-corrected chi connectivity index (χ2v) is 10.1. The van der Waals surface area contributed by atoms with Gasteiger partial charge in [-0.05, 0) is 73.6 Å². The van der Waals surface area contributed by atoms with Gasteiger partial charge in [-0.15, -0.1) is 0 Å². The molecular formula is C30H32ClN3O. The van der Waals surface area contributed by atoms with E-state index in [4.69, 9.17) is 11.6 Å². The third-order valence-electron chi connectivity index (χ3n) is 7.02. The highest BCUT2D eigenvalue weighted by Gasteiger charge is 2.25. The second kappa shape index (κ2) is 10.7. The lowest BCUT2D eigenvalue weighted by atomic mass is 9.95. The van der Waals surface area contributed by atoms with Gasteiger partial charge in [0.25, 0.3) is 0 Å². The fraction of sp³-hybridized carbons (Fsp3) is 0.300. The molecule has 180 valence electrons. The number of hydrogen-bond donors (Lipinski definition) is 1. The summed E-state index contributed by atoms with van der Waals surface area (Å²) >= 11 is 6.06. The third kappa shape index (κ3) is 5.77. The van der Waals surface area contributed by atoms with Gasteiger partial charge in [0, 0.05) is 41.8 Å². The molecule has 4 nitrogen and oxygen atoms in total. The van der Waals surface area contributed by atoms with Gasteiger partial charge in [0.2, 0.25) is 5.91 Å². The van der Waals surface area contributed by atoms with Crippen molar-refractivity contribution < 1.29 is 4.79 Å². The molecule has 5 rings (SSSR count). The van der Waals surface area contributed by atoms with Crippen LogP contribution in [0.5, 0.6) is 0 Å². The second-order valence-electron chi connectivity index (χ2n) is 9.67. The van der Waals surface area contributed by atoms with E-state index in [1.54, 1.807) is 0 Å². The van der Waals surface area contributed by atoms with E-state index in [1.165, 1.54) is 27.7 Å². The highest BCUT2D eigenvalue weighted by molar-refractivity contribution is 6.30. The van der Waals surface area contributed by atoms with Crippen molar-refractivity contribution in [2.45, 2.75) is 39.4 Å². The van der Waals surface area contributed by atoms with Crippen LogP contribution in [0.25, 0.3) is 10.9 Å². The van der Waals surface area contributed by atoms with Crippen molar-refractivity contribution in [3.63, 3.8) is 0 Å². The van der Waals surface area contributed by atoms with Gasteiger partial charge in [-0.2, -0.15) is 0 Å². The van der Waals surface area contributed by atoms with Crippen molar-refractivity contribution >= 4 is 28.4 Å². The zero-order valence-corrected chi connectivity index (χ0v) is 21.0. The Bertz CT molecular complexity index is 1320. The van der Waals surface area contributed by atoms with Gasteiger partial charge >= 0.3 is 0 Å². The Labute approximate surface area is 212 Å². The lowest BCUT2D eigenvalue weighted by molar-refractivity contribution is -0.126. The Balaban J connectivity index is 1.22. The van der Waals surface area contributed by atoms with Crippen LogP contribution in [-0.2, 0) is 24.4 Å². The molecule has 1 saturated heterocycles. The van der Waals surface area contributed by atoms with Crippen molar-refractivity contribution in [1.82, 2.24) is 14.8 Å². The summed E-state index contributed by atoms with van der Waals surface area (Å²) in [5, 5.41) is 5.08.